The topological polar surface area (TPSA) is 87.7 Å². The molecule has 1 unspecified atom stereocenters. The fraction of sp³-hybridized carbons (Fsp3) is 0.483. The van der Waals surface area contributed by atoms with E-state index in [9.17, 15) is 13.2 Å². The standard InChI is InChI=1S/C29H41N3O4S/c1-8-18-32-24(26(28(33)36-9-2)27(30-32)20(3)4)19-21-14-16-22(17-15-21)23-12-10-11-13-25(23)37(34,35)31-29(5,6)7/h10-17,20,27,30-31H,8-9,18-19H2,1-7H3. The zero-order valence-electron chi connectivity index (χ0n) is 23.1. The first-order chi connectivity index (χ1) is 17.4. The van der Waals surface area contributed by atoms with Gasteiger partial charge in [-0.15, -0.1) is 0 Å². The normalized spacial score (nSPS) is 16.5. The van der Waals surface area contributed by atoms with E-state index < -0.39 is 15.6 Å². The van der Waals surface area contributed by atoms with Crippen molar-refractivity contribution in [1.29, 1.82) is 0 Å². The van der Waals surface area contributed by atoms with Crippen molar-refractivity contribution in [2.24, 2.45) is 5.92 Å². The molecule has 0 amide bonds. The molecule has 0 saturated heterocycles. The van der Waals surface area contributed by atoms with E-state index >= 15 is 0 Å². The first kappa shape index (κ1) is 28.9. The summed E-state index contributed by atoms with van der Waals surface area (Å²) in [4.78, 5) is 13.2. The van der Waals surface area contributed by atoms with Crippen molar-refractivity contribution in [3.8, 4) is 11.1 Å². The van der Waals surface area contributed by atoms with Crippen LogP contribution in [0.25, 0.3) is 11.1 Å². The Labute approximate surface area is 222 Å². The minimum atomic E-state index is -3.70. The van der Waals surface area contributed by atoms with Crippen LogP contribution in [0.15, 0.2) is 64.7 Å². The highest BCUT2D eigenvalue weighted by Crippen LogP contribution is 2.32. The second-order valence-electron chi connectivity index (χ2n) is 10.8. The molecule has 7 nitrogen and oxygen atoms in total. The van der Waals surface area contributed by atoms with Gasteiger partial charge in [-0.05, 0) is 57.2 Å². The molecule has 2 aromatic carbocycles. The predicted octanol–water partition coefficient (Wildman–Crippen LogP) is 5.04. The van der Waals surface area contributed by atoms with E-state index in [2.05, 4.69) is 35.9 Å². The summed E-state index contributed by atoms with van der Waals surface area (Å²) in [6, 6.07) is 14.8. The SMILES string of the molecule is CCCN1NC(C(C)C)C(C(=O)OCC)=C1Cc1ccc(-c2ccccc2S(=O)(=O)NC(C)(C)C)cc1. The summed E-state index contributed by atoms with van der Waals surface area (Å²) in [6.07, 6.45) is 1.50. The number of rotatable bonds is 10. The highest BCUT2D eigenvalue weighted by molar-refractivity contribution is 7.89. The van der Waals surface area contributed by atoms with Crippen molar-refractivity contribution in [3.05, 3.63) is 65.4 Å². The maximum atomic E-state index is 13.1. The van der Waals surface area contributed by atoms with E-state index in [0.717, 1.165) is 29.8 Å². The molecule has 0 saturated carbocycles. The molecule has 2 aromatic rings. The molecule has 0 radical (unpaired) electrons. The Bertz CT molecular complexity index is 1230. The van der Waals surface area contributed by atoms with Crippen LogP contribution >= 0.6 is 0 Å². The van der Waals surface area contributed by atoms with E-state index in [4.69, 9.17) is 4.74 Å². The van der Waals surface area contributed by atoms with Gasteiger partial charge in [-0.1, -0.05) is 63.2 Å². The molecule has 0 spiro atoms. The molecule has 8 heteroatoms. The summed E-state index contributed by atoms with van der Waals surface area (Å²) in [5.74, 6) is -0.0526. The second kappa shape index (κ2) is 11.8. The summed E-state index contributed by atoms with van der Waals surface area (Å²) >= 11 is 0. The fourth-order valence-corrected chi connectivity index (χ4v) is 6.23. The molecule has 37 heavy (non-hydrogen) atoms. The molecule has 0 aliphatic carbocycles. The van der Waals surface area contributed by atoms with Gasteiger partial charge in [-0.3, -0.25) is 0 Å². The van der Waals surface area contributed by atoms with E-state index in [1.54, 1.807) is 12.1 Å². The third-order valence-electron chi connectivity index (χ3n) is 6.11. The van der Waals surface area contributed by atoms with E-state index in [-0.39, 0.29) is 22.8 Å². The molecular formula is C29H41N3O4S. The van der Waals surface area contributed by atoms with Crippen molar-refractivity contribution in [2.75, 3.05) is 13.2 Å². The summed E-state index contributed by atoms with van der Waals surface area (Å²) in [5.41, 5.74) is 7.04. The van der Waals surface area contributed by atoms with Crippen LogP contribution in [0, 0.1) is 5.92 Å². The van der Waals surface area contributed by atoms with Crippen LogP contribution < -0.4 is 10.1 Å². The molecule has 1 heterocycles. The van der Waals surface area contributed by atoms with Crippen molar-refractivity contribution in [2.45, 2.75) is 77.8 Å². The van der Waals surface area contributed by atoms with Crippen molar-refractivity contribution < 1.29 is 17.9 Å². The Morgan fingerprint density at radius 1 is 1.08 bits per heavy atom. The number of hydrazine groups is 1. The summed E-state index contributed by atoms with van der Waals surface area (Å²) < 4.78 is 34.4. The summed E-state index contributed by atoms with van der Waals surface area (Å²) in [6.45, 7) is 14.7. The lowest BCUT2D eigenvalue weighted by atomic mass is 9.94. The lowest BCUT2D eigenvalue weighted by Crippen LogP contribution is -2.41. The van der Waals surface area contributed by atoms with Crippen LogP contribution in [-0.4, -0.2) is 44.1 Å². The lowest BCUT2D eigenvalue weighted by Gasteiger charge is -2.24. The number of allylic oxidation sites excluding steroid dienone is 1. The van der Waals surface area contributed by atoms with Crippen LogP contribution in [0.5, 0.6) is 0 Å². The third kappa shape index (κ3) is 7.00. The predicted molar refractivity (Wildman–Crippen MR) is 148 cm³/mol. The van der Waals surface area contributed by atoms with Gasteiger partial charge in [0.05, 0.1) is 23.1 Å². The summed E-state index contributed by atoms with van der Waals surface area (Å²) in [7, 11) is -3.70. The molecule has 1 aliphatic rings. The molecule has 0 fully saturated rings. The minimum absolute atomic E-state index is 0.104. The average molecular weight is 528 g/mol. The van der Waals surface area contributed by atoms with Crippen LogP contribution in [-0.2, 0) is 26.0 Å². The number of nitrogens with zero attached hydrogens (tertiary/aromatic N) is 1. The molecular weight excluding hydrogens is 486 g/mol. The van der Waals surface area contributed by atoms with Crippen LogP contribution in [0.4, 0.5) is 0 Å². The number of ether oxygens (including phenoxy) is 1. The molecule has 3 rings (SSSR count). The number of esters is 1. The molecule has 202 valence electrons. The molecule has 0 aromatic heterocycles. The Balaban J connectivity index is 1.97. The highest BCUT2D eigenvalue weighted by Gasteiger charge is 2.37. The van der Waals surface area contributed by atoms with Crippen LogP contribution in [0.3, 0.4) is 0 Å². The van der Waals surface area contributed by atoms with Crippen LogP contribution in [0.1, 0.15) is 60.5 Å². The Kier molecular flexibility index (Phi) is 9.21. The van der Waals surface area contributed by atoms with E-state index in [1.165, 1.54) is 0 Å². The molecule has 1 aliphatic heterocycles. The number of benzene rings is 2. The number of nitrogens with one attached hydrogen (secondary N) is 2. The van der Waals surface area contributed by atoms with Crippen molar-refractivity contribution in [1.82, 2.24) is 15.2 Å². The third-order valence-corrected chi connectivity index (χ3v) is 7.92. The number of carbonyl (C=O) groups is 1. The molecule has 2 N–H and O–H groups in total. The zero-order chi connectivity index (χ0) is 27.4. The van der Waals surface area contributed by atoms with Crippen LogP contribution in [0.2, 0.25) is 0 Å². The van der Waals surface area contributed by atoms with Gasteiger partial charge in [-0.25, -0.2) is 23.4 Å². The molecule has 1 atom stereocenters. The van der Waals surface area contributed by atoms with Gasteiger partial charge < -0.3 is 9.75 Å². The van der Waals surface area contributed by atoms with E-state index in [1.807, 2.05) is 64.1 Å². The van der Waals surface area contributed by atoms with Gasteiger partial charge >= 0.3 is 5.97 Å². The van der Waals surface area contributed by atoms with Gasteiger partial charge in [0.25, 0.3) is 0 Å². The van der Waals surface area contributed by atoms with Gasteiger partial charge in [-0.2, -0.15) is 0 Å². The highest BCUT2D eigenvalue weighted by atomic mass is 32.2. The van der Waals surface area contributed by atoms with Crippen molar-refractivity contribution in [3.63, 3.8) is 0 Å². The number of hydrogen-bond acceptors (Lipinski definition) is 6. The van der Waals surface area contributed by atoms with Crippen molar-refractivity contribution >= 4 is 16.0 Å². The number of carbonyl (C=O) groups excluding carboxylic acids is 1. The first-order valence-electron chi connectivity index (χ1n) is 13.0. The monoisotopic (exact) mass is 527 g/mol. The Morgan fingerprint density at radius 2 is 1.73 bits per heavy atom. The minimum Gasteiger partial charge on any atom is -0.463 e. The van der Waals surface area contributed by atoms with Gasteiger partial charge in [0.2, 0.25) is 10.0 Å². The molecule has 0 bridgehead atoms. The number of sulfonamides is 1. The zero-order valence-corrected chi connectivity index (χ0v) is 23.9. The Morgan fingerprint density at radius 3 is 2.30 bits per heavy atom. The fourth-order valence-electron chi connectivity index (χ4n) is 4.58. The number of hydrogen-bond donors (Lipinski definition) is 2. The Hall–Kier alpha value is -2.68. The first-order valence-corrected chi connectivity index (χ1v) is 14.5. The maximum Gasteiger partial charge on any atom is 0.337 e. The quantitative estimate of drug-likeness (QED) is 0.421. The van der Waals surface area contributed by atoms with Gasteiger partial charge in [0.1, 0.15) is 0 Å². The lowest BCUT2D eigenvalue weighted by molar-refractivity contribution is -0.139. The average Bonchev–Trinajstić information content (AvgIpc) is 3.17. The van der Waals surface area contributed by atoms with Gasteiger partial charge in [0, 0.05) is 29.8 Å². The maximum absolute atomic E-state index is 13.1. The van der Waals surface area contributed by atoms with Gasteiger partial charge in [0.15, 0.2) is 0 Å². The second-order valence-corrected chi connectivity index (χ2v) is 12.5. The summed E-state index contributed by atoms with van der Waals surface area (Å²) in [5, 5.41) is 2.09. The smallest absolute Gasteiger partial charge is 0.337 e. The van der Waals surface area contributed by atoms with E-state index in [0.29, 0.717) is 24.2 Å². The largest absolute Gasteiger partial charge is 0.463 e.